The van der Waals surface area contributed by atoms with Gasteiger partial charge in [-0.1, -0.05) is 127 Å². The summed E-state index contributed by atoms with van der Waals surface area (Å²) in [4.78, 5) is 8.16. The van der Waals surface area contributed by atoms with Crippen LogP contribution in [0.25, 0.3) is 76.5 Å². The quantitative estimate of drug-likeness (QED) is 0.101. The molecule has 2 aliphatic heterocycles. The van der Waals surface area contributed by atoms with E-state index in [1.54, 1.807) is 0 Å². The van der Waals surface area contributed by atoms with Gasteiger partial charge in [0.15, 0.2) is 5.84 Å². The number of benzene rings is 8. The van der Waals surface area contributed by atoms with Crippen LogP contribution in [0.5, 0.6) is 0 Å². The van der Waals surface area contributed by atoms with Crippen molar-refractivity contribution < 1.29 is 8.83 Å². The lowest BCUT2D eigenvalue weighted by atomic mass is 9.89. The molecule has 0 saturated carbocycles. The molecule has 0 saturated heterocycles. The van der Waals surface area contributed by atoms with Gasteiger partial charge in [-0.05, 0) is 46.7 Å². The number of rotatable bonds is 4. The van der Waals surface area contributed by atoms with Gasteiger partial charge in [-0.2, -0.15) is 0 Å². The SMILES string of the molecule is c1ccc2c3c(ccc2c1)-c1cccc2cccc(c12)N3CI1=NC(c2cccc3oc4ccccc4c23)=NC=1c1cccc2oc3ccccc3c12. The van der Waals surface area contributed by atoms with E-state index in [1.807, 2.05) is 30.3 Å². The molecule has 2 aromatic heterocycles. The molecule has 4 heterocycles. The van der Waals surface area contributed by atoms with E-state index in [-0.39, 0.29) is 0 Å². The van der Waals surface area contributed by atoms with Crippen molar-refractivity contribution in [1.29, 1.82) is 0 Å². The molecule has 0 fully saturated rings. The van der Waals surface area contributed by atoms with Gasteiger partial charge in [-0.25, -0.2) is 8.14 Å². The normalized spacial score (nSPS) is 14.2. The molecule has 0 radical (unpaired) electrons. The first-order chi connectivity index (χ1) is 26.3. The van der Waals surface area contributed by atoms with Crippen LogP contribution in [0.1, 0.15) is 11.1 Å². The highest BCUT2D eigenvalue weighted by molar-refractivity contribution is 14.2. The first-order valence-corrected chi connectivity index (χ1v) is 21.3. The van der Waals surface area contributed by atoms with E-state index in [1.165, 1.54) is 44.0 Å². The summed E-state index contributed by atoms with van der Waals surface area (Å²) in [5.74, 6) is 0.779. The highest BCUT2D eigenvalue weighted by atomic mass is 127. The molecule has 5 nitrogen and oxygen atoms in total. The van der Waals surface area contributed by atoms with Crippen LogP contribution in [0.15, 0.2) is 175 Å². The number of amidine groups is 1. The largest absolute Gasteiger partial charge is 0.456 e. The van der Waals surface area contributed by atoms with Crippen LogP contribution in [-0.2, 0) is 0 Å². The van der Waals surface area contributed by atoms with Crippen LogP contribution in [-0.4, -0.2) is 14.0 Å². The van der Waals surface area contributed by atoms with Crippen molar-refractivity contribution in [2.75, 3.05) is 9.45 Å². The van der Waals surface area contributed by atoms with Crippen molar-refractivity contribution in [2.45, 2.75) is 0 Å². The molecule has 0 amide bonds. The Morgan fingerprint density at radius 1 is 0.453 bits per heavy atom. The molecule has 2 aliphatic rings. The highest BCUT2D eigenvalue weighted by Gasteiger charge is 2.29. The van der Waals surface area contributed by atoms with Gasteiger partial charge >= 0.3 is 0 Å². The molecular formula is C47H28IN3O2. The van der Waals surface area contributed by atoms with Crippen LogP contribution >= 0.6 is 19.2 Å². The first kappa shape index (κ1) is 29.3. The van der Waals surface area contributed by atoms with Gasteiger partial charge in [0.1, 0.15) is 26.0 Å². The zero-order valence-electron chi connectivity index (χ0n) is 28.3. The van der Waals surface area contributed by atoms with Crippen molar-refractivity contribution in [1.82, 2.24) is 0 Å². The molecule has 0 spiro atoms. The van der Waals surface area contributed by atoms with E-state index in [0.29, 0.717) is 0 Å². The van der Waals surface area contributed by atoms with Crippen molar-refractivity contribution in [3.05, 3.63) is 169 Å². The van der Waals surface area contributed by atoms with E-state index in [4.69, 9.17) is 17.0 Å². The molecule has 0 bridgehead atoms. The standard InChI is InChI=1S/C47H28IN3O2/c1-2-14-30-28(11-1)25-26-32-31-17-7-12-29-13-8-20-37(42(29)31)51(45(30)32)27-48-46(35-18-9-23-40-43(35)33-15-3-5-21-38(33)52-40)49-47(50-48)36-19-10-24-41-44(36)34-16-4-6-22-39(34)53-41/h1-26H,27H2. The number of para-hydroxylation sites is 2. The van der Waals surface area contributed by atoms with Crippen LogP contribution in [0.4, 0.5) is 11.4 Å². The Kier molecular flexibility index (Phi) is 6.16. The Morgan fingerprint density at radius 2 is 1.04 bits per heavy atom. The maximum atomic E-state index is 6.42. The van der Waals surface area contributed by atoms with Crippen molar-refractivity contribution in [3.8, 4) is 11.1 Å². The zero-order chi connectivity index (χ0) is 34.6. The summed E-state index contributed by atoms with van der Waals surface area (Å²) in [6.45, 7) is 0. The molecule has 0 N–H and O–H groups in total. The van der Waals surface area contributed by atoms with Crippen LogP contribution < -0.4 is 4.90 Å². The van der Waals surface area contributed by atoms with Gasteiger partial charge < -0.3 is 13.7 Å². The van der Waals surface area contributed by atoms with Crippen molar-refractivity contribution in [2.24, 2.45) is 8.14 Å². The monoisotopic (exact) mass is 793 g/mol. The molecule has 0 unspecified atom stereocenters. The van der Waals surface area contributed by atoms with Crippen LogP contribution in [0.2, 0.25) is 0 Å². The topological polar surface area (TPSA) is 54.2 Å². The van der Waals surface area contributed by atoms with Gasteiger partial charge in [0.2, 0.25) is 0 Å². The Hall–Kier alpha value is -6.25. The Labute approximate surface area is 310 Å². The molecule has 10 aromatic rings. The van der Waals surface area contributed by atoms with E-state index < -0.39 is 19.2 Å². The van der Waals surface area contributed by atoms with Crippen LogP contribution in [0.3, 0.4) is 0 Å². The summed E-state index contributed by atoms with van der Waals surface area (Å²) in [5, 5.41) is 9.33. The zero-order valence-corrected chi connectivity index (χ0v) is 30.4. The first-order valence-electron chi connectivity index (χ1n) is 17.7. The number of nitrogens with zero attached hydrogens (tertiary/aromatic N) is 3. The average Bonchev–Trinajstić information content (AvgIpc) is 3.92. The fourth-order valence-corrected chi connectivity index (χ4v) is 13.1. The highest BCUT2D eigenvalue weighted by Crippen LogP contribution is 2.52. The number of hydrogen-bond donors (Lipinski definition) is 0. The van der Waals surface area contributed by atoms with Gasteiger partial charge in [0.05, 0.1) is 15.9 Å². The number of aliphatic imine (C=N–C) groups is 1. The van der Waals surface area contributed by atoms with E-state index in [9.17, 15) is 0 Å². The summed E-state index contributed by atoms with van der Waals surface area (Å²) in [6, 6.07) is 55.9. The third-order valence-electron chi connectivity index (χ3n) is 10.7. The minimum absolute atomic E-state index is 0.745. The number of anilines is 2. The Bertz CT molecular complexity index is 3340. The van der Waals surface area contributed by atoms with Gasteiger partial charge in [-0.3, -0.25) is 0 Å². The number of alkyl halides is 1. The minimum atomic E-state index is -2.53. The predicted octanol–water partition coefficient (Wildman–Crippen LogP) is 13.2. The third kappa shape index (κ3) is 4.24. The van der Waals surface area contributed by atoms with E-state index in [2.05, 4.69) is 132 Å². The number of furan rings is 2. The summed E-state index contributed by atoms with van der Waals surface area (Å²) in [5.41, 5.74) is 10.6. The molecule has 6 heteroatoms. The summed E-state index contributed by atoms with van der Waals surface area (Å²) in [7, 11) is 0. The lowest BCUT2D eigenvalue weighted by Crippen LogP contribution is -2.20. The lowest BCUT2D eigenvalue weighted by molar-refractivity contribution is 0.668. The molecule has 12 rings (SSSR count). The van der Waals surface area contributed by atoms with Gasteiger partial charge in [0, 0.05) is 68.2 Å². The van der Waals surface area contributed by atoms with Crippen molar-refractivity contribution in [3.63, 3.8) is 0 Å². The molecule has 8 aromatic carbocycles. The van der Waals surface area contributed by atoms with Crippen LogP contribution in [0, 0.1) is 0 Å². The fourth-order valence-electron chi connectivity index (χ4n) is 8.46. The number of fused-ring (bicyclic) bond motifs is 10. The Balaban J connectivity index is 1.15. The predicted molar refractivity (Wildman–Crippen MR) is 228 cm³/mol. The second-order valence-corrected chi connectivity index (χ2v) is 17.7. The Morgan fingerprint density at radius 3 is 1.81 bits per heavy atom. The maximum Gasteiger partial charge on any atom is 0.166 e. The molecule has 0 aliphatic carbocycles. The fraction of sp³-hybridized carbons (Fsp3) is 0.0213. The molecule has 250 valence electrons. The summed E-state index contributed by atoms with van der Waals surface area (Å²) >= 11 is -2.53. The molecular weight excluding hydrogens is 765 g/mol. The van der Waals surface area contributed by atoms with Gasteiger partial charge in [-0.15, -0.1) is 0 Å². The second-order valence-electron chi connectivity index (χ2n) is 13.6. The smallest absolute Gasteiger partial charge is 0.166 e. The summed E-state index contributed by atoms with van der Waals surface area (Å²) < 4.78 is 20.3. The molecule has 53 heavy (non-hydrogen) atoms. The molecule has 0 atom stereocenters. The average molecular weight is 794 g/mol. The van der Waals surface area contributed by atoms with Crippen molar-refractivity contribution >= 4 is 105 Å². The third-order valence-corrected chi connectivity index (χ3v) is 15.1. The number of halogens is 1. The van der Waals surface area contributed by atoms with E-state index in [0.717, 1.165) is 69.0 Å². The van der Waals surface area contributed by atoms with Gasteiger partial charge in [0.25, 0.3) is 0 Å². The second kappa shape index (κ2) is 11.1. The van der Waals surface area contributed by atoms with E-state index >= 15 is 0 Å². The maximum absolute atomic E-state index is 6.42. The lowest BCUT2D eigenvalue weighted by Gasteiger charge is -2.34. The summed E-state index contributed by atoms with van der Waals surface area (Å²) in [6.07, 6.45) is 0. The minimum Gasteiger partial charge on any atom is -0.456 e. The number of hydrogen-bond acceptors (Lipinski definition) is 5.